The molecular weight excluding hydrogens is 645 g/mol. The Hall–Kier alpha value is -6.02. The van der Waals surface area contributed by atoms with E-state index in [1.807, 2.05) is 11.3 Å². The smallest absolute Gasteiger partial charge is 0.0434 e. The van der Waals surface area contributed by atoms with Crippen molar-refractivity contribution in [2.24, 2.45) is 0 Å². The molecule has 0 atom stereocenters. The molecule has 0 fully saturated rings. The fourth-order valence-corrected chi connectivity index (χ4v) is 10.5. The molecule has 1 heterocycles. The molecule has 9 aromatic carbocycles. The van der Waals surface area contributed by atoms with Crippen molar-refractivity contribution in [2.45, 2.75) is 19.3 Å². The van der Waals surface area contributed by atoms with Crippen molar-refractivity contribution in [3.63, 3.8) is 0 Å². The number of hydrogen-bond acceptors (Lipinski definition) is 1. The summed E-state index contributed by atoms with van der Waals surface area (Å²) < 4.78 is 2.74. The molecule has 1 heteroatoms. The van der Waals surface area contributed by atoms with Gasteiger partial charge in [0.1, 0.15) is 0 Å². The zero-order chi connectivity index (χ0) is 34.6. The number of hydrogen-bond donors (Lipinski definition) is 0. The number of fused-ring (bicyclic) bond motifs is 10. The lowest BCUT2D eigenvalue weighted by Gasteiger charge is -2.23. The summed E-state index contributed by atoms with van der Waals surface area (Å²) in [5.74, 6) is 0. The van der Waals surface area contributed by atoms with Gasteiger partial charge in [0.05, 0.1) is 0 Å². The summed E-state index contributed by atoms with van der Waals surface area (Å²) in [5.41, 5.74) is 13.1. The molecule has 0 saturated carbocycles. The molecule has 0 aliphatic heterocycles. The van der Waals surface area contributed by atoms with Gasteiger partial charge in [0, 0.05) is 25.6 Å². The van der Waals surface area contributed by atoms with Crippen LogP contribution in [0.15, 0.2) is 170 Å². The predicted octanol–water partition coefficient (Wildman–Crippen LogP) is 14.8. The third-order valence-corrected chi connectivity index (χ3v) is 12.9. The van der Waals surface area contributed by atoms with Crippen LogP contribution >= 0.6 is 11.3 Å². The lowest BCUT2D eigenvalue weighted by Crippen LogP contribution is -2.15. The minimum Gasteiger partial charge on any atom is -0.134 e. The van der Waals surface area contributed by atoms with Crippen LogP contribution < -0.4 is 0 Å². The van der Waals surface area contributed by atoms with E-state index in [9.17, 15) is 0 Å². The minimum absolute atomic E-state index is 0.156. The van der Waals surface area contributed by atoms with Crippen LogP contribution in [0.4, 0.5) is 0 Å². The SMILES string of the molecule is CC1(C)c2cc(-c3c4ccccc4c(-c4ccccc4)c4ccccc34)ccc2-c2ccc(-c3cccc4c3sc3c5ccccc5ccc43)cc21. The summed E-state index contributed by atoms with van der Waals surface area (Å²) in [5, 5.41) is 10.5. The average molecular weight is 679 g/mol. The van der Waals surface area contributed by atoms with Crippen LogP contribution in [-0.4, -0.2) is 0 Å². The first kappa shape index (κ1) is 29.7. The van der Waals surface area contributed by atoms with E-state index < -0.39 is 0 Å². The topological polar surface area (TPSA) is 0 Å². The molecule has 52 heavy (non-hydrogen) atoms. The van der Waals surface area contributed by atoms with Crippen molar-refractivity contribution in [1.29, 1.82) is 0 Å². The Morgan fingerprint density at radius 3 is 1.54 bits per heavy atom. The lowest BCUT2D eigenvalue weighted by atomic mass is 9.80. The summed E-state index contributed by atoms with van der Waals surface area (Å²) in [6.45, 7) is 4.82. The van der Waals surface area contributed by atoms with E-state index in [0.29, 0.717) is 0 Å². The van der Waals surface area contributed by atoms with Gasteiger partial charge in [-0.15, -0.1) is 11.3 Å². The highest BCUT2D eigenvalue weighted by atomic mass is 32.1. The summed E-state index contributed by atoms with van der Waals surface area (Å²) in [7, 11) is 0. The van der Waals surface area contributed by atoms with Gasteiger partial charge in [-0.1, -0.05) is 172 Å². The maximum absolute atomic E-state index is 2.49. The Labute approximate surface area is 307 Å². The molecule has 0 unspecified atom stereocenters. The van der Waals surface area contributed by atoms with Crippen LogP contribution in [0.2, 0.25) is 0 Å². The Kier molecular flexibility index (Phi) is 6.27. The van der Waals surface area contributed by atoms with Gasteiger partial charge in [-0.3, -0.25) is 0 Å². The molecule has 0 amide bonds. The largest absolute Gasteiger partial charge is 0.134 e. The van der Waals surface area contributed by atoms with Gasteiger partial charge in [0.2, 0.25) is 0 Å². The van der Waals surface area contributed by atoms with Crippen molar-refractivity contribution in [3.05, 3.63) is 181 Å². The Balaban J connectivity index is 1.08. The predicted molar refractivity (Wildman–Crippen MR) is 226 cm³/mol. The maximum atomic E-state index is 2.49. The van der Waals surface area contributed by atoms with Crippen LogP contribution in [0, 0.1) is 0 Å². The first-order chi connectivity index (χ1) is 25.6. The third-order valence-electron chi connectivity index (χ3n) is 11.7. The zero-order valence-electron chi connectivity index (χ0n) is 29.1. The van der Waals surface area contributed by atoms with E-state index in [0.717, 1.165) is 0 Å². The Morgan fingerprint density at radius 1 is 0.346 bits per heavy atom. The second-order valence-corrected chi connectivity index (χ2v) is 15.8. The van der Waals surface area contributed by atoms with E-state index in [1.54, 1.807) is 0 Å². The van der Waals surface area contributed by atoms with Crippen molar-refractivity contribution in [2.75, 3.05) is 0 Å². The van der Waals surface area contributed by atoms with E-state index >= 15 is 0 Å². The molecule has 10 aromatic rings. The molecule has 0 radical (unpaired) electrons. The highest BCUT2D eigenvalue weighted by Gasteiger charge is 2.36. The summed E-state index contributed by atoms with van der Waals surface area (Å²) in [6.07, 6.45) is 0. The normalized spacial score (nSPS) is 13.3. The molecule has 0 nitrogen and oxygen atoms in total. The molecule has 1 aromatic heterocycles. The molecule has 1 aliphatic carbocycles. The zero-order valence-corrected chi connectivity index (χ0v) is 29.9. The van der Waals surface area contributed by atoms with Crippen molar-refractivity contribution in [1.82, 2.24) is 0 Å². The first-order valence-corrected chi connectivity index (χ1v) is 19.0. The lowest BCUT2D eigenvalue weighted by molar-refractivity contribution is 0.661. The average Bonchev–Trinajstić information content (AvgIpc) is 3.69. The molecule has 0 bridgehead atoms. The summed E-state index contributed by atoms with van der Waals surface area (Å²) >= 11 is 1.93. The molecule has 0 saturated heterocycles. The van der Waals surface area contributed by atoms with Crippen molar-refractivity contribution < 1.29 is 0 Å². The molecule has 1 aliphatic rings. The molecule has 0 spiro atoms. The molecule has 11 rings (SSSR count). The van der Waals surface area contributed by atoms with Crippen LogP contribution in [-0.2, 0) is 5.41 Å². The standard InChI is InChI=1S/C51H34S/c1-51(2)45-29-33(36-21-12-22-43-44-28-23-31-13-6-7-16-35(31)49(44)52-50(36)43)24-26-37(45)38-27-25-34(30-46(38)51)48-41-19-10-8-17-39(41)47(32-14-4-3-5-15-32)40-18-9-11-20-42(40)48/h3-30H,1-2H3. The van der Waals surface area contributed by atoms with Crippen LogP contribution in [0.1, 0.15) is 25.0 Å². The van der Waals surface area contributed by atoms with E-state index in [4.69, 9.17) is 0 Å². The van der Waals surface area contributed by atoms with E-state index in [2.05, 4.69) is 184 Å². The summed E-state index contributed by atoms with van der Waals surface area (Å²) in [6, 6.07) is 63.4. The molecule has 244 valence electrons. The Bertz CT molecular complexity index is 3030. The monoisotopic (exact) mass is 678 g/mol. The highest BCUT2D eigenvalue weighted by Crippen LogP contribution is 2.53. The Morgan fingerprint density at radius 2 is 0.865 bits per heavy atom. The number of benzene rings is 9. The molecular formula is C51H34S. The van der Waals surface area contributed by atoms with Gasteiger partial charge < -0.3 is 0 Å². The van der Waals surface area contributed by atoms with Gasteiger partial charge >= 0.3 is 0 Å². The first-order valence-electron chi connectivity index (χ1n) is 18.2. The maximum Gasteiger partial charge on any atom is 0.0434 e. The fraction of sp³-hybridized carbons (Fsp3) is 0.0588. The summed E-state index contributed by atoms with van der Waals surface area (Å²) in [4.78, 5) is 0. The van der Waals surface area contributed by atoms with Gasteiger partial charge in [-0.05, 0) is 100 Å². The van der Waals surface area contributed by atoms with E-state index in [-0.39, 0.29) is 5.41 Å². The molecule has 0 N–H and O–H groups in total. The fourth-order valence-electron chi connectivity index (χ4n) is 9.17. The van der Waals surface area contributed by atoms with Gasteiger partial charge in [0.15, 0.2) is 0 Å². The minimum atomic E-state index is -0.156. The second-order valence-electron chi connectivity index (χ2n) is 14.8. The number of rotatable bonds is 3. The quantitative estimate of drug-likeness (QED) is 0.163. The van der Waals surface area contributed by atoms with Gasteiger partial charge in [-0.2, -0.15) is 0 Å². The van der Waals surface area contributed by atoms with E-state index in [1.165, 1.54) is 108 Å². The van der Waals surface area contributed by atoms with Gasteiger partial charge in [0.25, 0.3) is 0 Å². The highest BCUT2D eigenvalue weighted by molar-refractivity contribution is 7.27. The van der Waals surface area contributed by atoms with Crippen molar-refractivity contribution in [3.8, 4) is 44.5 Å². The van der Waals surface area contributed by atoms with Crippen LogP contribution in [0.3, 0.4) is 0 Å². The van der Waals surface area contributed by atoms with Crippen LogP contribution in [0.25, 0.3) is 97.0 Å². The third kappa shape index (κ3) is 4.15. The second kappa shape index (κ2) is 11.0. The van der Waals surface area contributed by atoms with Crippen LogP contribution in [0.5, 0.6) is 0 Å². The van der Waals surface area contributed by atoms with Crippen molar-refractivity contribution >= 4 is 63.8 Å². The van der Waals surface area contributed by atoms with Gasteiger partial charge in [-0.25, -0.2) is 0 Å². The number of thiophene rings is 1.